The van der Waals surface area contributed by atoms with Crippen molar-refractivity contribution < 1.29 is 19.0 Å². The quantitative estimate of drug-likeness (QED) is 0.187. The zero-order valence-corrected chi connectivity index (χ0v) is 22.4. The molecule has 0 aromatic heterocycles. The van der Waals surface area contributed by atoms with Gasteiger partial charge in [-0.25, -0.2) is 4.79 Å². The van der Waals surface area contributed by atoms with E-state index in [1.54, 1.807) is 24.3 Å². The van der Waals surface area contributed by atoms with Crippen LogP contribution in [0.2, 0.25) is 15.1 Å². The van der Waals surface area contributed by atoms with Gasteiger partial charge in [0.05, 0.1) is 16.5 Å². The van der Waals surface area contributed by atoms with Crippen molar-refractivity contribution in [3.8, 4) is 23.3 Å². The lowest BCUT2D eigenvalue weighted by atomic mass is 9.83. The Hall–Kier alpha value is -4.15. The highest BCUT2D eigenvalue weighted by Crippen LogP contribution is 2.43. The van der Waals surface area contributed by atoms with Crippen LogP contribution in [0.15, 0.2) is 96.4 Å². The third-order valence-electron chi connectivity index (χ3n) is 6.08. The number of carbonyl (C=O) groups is 1. The van der Waals surface area contributed by atoms with Crippen LogP contribution < -0.4 is 19.9 Å². The number of benzene rings is 4. The van der Waals surface area contributed by atoms with Gasteiger partial charge in [-0.1, -0.05) is 65.1 Å². The molecule has 9 heteroatoms. The number of hydrogen-bond acceptors (Lipinski definition) is 6. The Kier molecular flexibility index (Phi) is 7.67. The summed E-state index contributed by atoms with van der Waals surface area (Å²) in [6, 6.07) is 26.4. The van der Waals surface area contributed by atoms with Crippen LogP contribution in [0.25, 0.3) is 0 Å². The Balaban J connectivity index is 1.37. The monoisotopic (exact) mass is 576 g/mol. The smallest absolute Gasteiger partial charge is 0.345 e. The largest absolute Gasteiger partial charge is 0.489 e. The first-order valence-corrected chi connectivity index (χ1v) is 12.8. The van der Waals surface area contributed by atoms with Crippen molar-refractivity contribution in [1.29, 1.82) is 5.26 Å². The van der Waals surface area contributed by atoms with Gasteiger partial charge in [-0.2, -0.15) is 5.26 Å². The minimum absolute atomic E-state index is 0.0257. The fourth-order valence-corrected chi connectivity index (χ4v) is 4.77. The third kappa shape index (κ3) is 5.81. The number of allylic oxidation sites excluding steroid dienone is 1. The van der Waals surface area contributed by atoms with Crippen LogP contribution >= 0.6 is 34.8 Å². The summed E-state index contributed by atoms with van der Waals surface area (Å²) in [5.74, 6) is 0.0931. The highest BCUT2D eigenvalue weighted by molar-refractivity contribution is 6.36. The van der Waals surface area contributed by atoms with Crippen molar-refractivity contribution in [2.45, 2.75) is 12.5 Å². The van der Waals surface area contributed by atoms with E-state index in [0.717, 1.165) is 11.1 Å². The minimum Gasteiger partial charge on any atom is -0.489 e. The summed E-state index contributed by atoms with van der Waals surface area (Å²) in [4.78, 5) is 12.7. The molecule has 4 aromatic carbocycles. The summed E-state index contributed by atoms with van der Waals surface area (Å²) in [5, 5.41) is 11.1. The number of esters is 1. The van der Waals surface area contributed by atoms with E-state index in [0.29, 0.717) is 33.7 Å². The molecule has 0 saturated carbocycles. The fourth-order valence-electron chi connectivity index (χ4n) is 4.16. The summed E-state index contributed by atoms with van der Waals surface area (Å²) in [7, 11) is 0. The number of nitrogens with zero attached hydrogens (tertiary/aromatic N) is 1. The van der Waals surface area contributed by atoms with Gasteiger partial charge in [-0.15, -0.1) is 0 Å². The molecule has 6 nitrogen and oxygen atoms in total. The molecule has 1 unspecified atom stereocenters. The van der Waals surface area contributed by atoms with Crippen LogP contribution in [-0.4, -0.2) is 5.97 Å². The summed E-state index contributed by atoms with van der Waals surface area (Å²) < 4.78 is 17.1. The molecule has 194 valence electrons. The average molecular weight is 578 g/mol. The van der Waals surface area contributed by atoms with Crippen molar-refractivity contribution in [3.05, 3.63) is 134 Å². The molecule has 1 heterocycles. The molecule has 0 saturated heterocycles. The third-order valence-corrected chi connectivity index (χ3v) is 6.88. The van der Waals surface area contributed by atoms with Crippen LogP contribution in [0.3, 0.4) is 0 Å². The maximum absolute atomic E-state index is 12.7. The van der Waals surface area contributed by atoms with E-state index in [9.17, 15) is 10.1 Å². The van der Waals surface area contributed by atoms with Gasteiger partial charge < -0.3 is 19.9 Å². The van der Waals surface area contributed by atoms with Gasteiger partial charge in [0.2, 0.25) is 5.88 Å². The molecule has 0 bridgehead atoms. The maximum atomic E-state index is 12.7. The van der Waals surface area contributed by atoms with Gasteiger partial charge in [0, 0.05) is 21.7 Å². The van der Waals surface area contributed by atoms with Crippen LogP contribution in [-0.2, 0) is 6.61 Å². The molecule has 1 atom stereocenters. The Bertz CT molecular complexity index is 1630. The number of nitrogens with two attached hydrogens (primary N) is 1. The van der Waals surface area contributed by atoms with Crippen LogP contribution in [0.4, 0.5) is 0 Å². The number of carbonyl (C=O) groups excluding carboxylic acids is 1. The minimum atomic E-state index is -0.653. The molecule has 0 radical (unpaired) electrons. The van der Waals surface area contributed by atoms with Crippen molar-refractivity contribution in [2.75, 3.05) is 0 Å². The molecular formula is C30H19Cl3N2O4. The summed E-state index contributed by atoms with van der Waals surface area (Å²) in [5.41, 5.74) is 9.06. The zero-order valence-electron chi connectivity index (χ0n) is 20.2. The first-order valence-electron chi connectivity index (χ1n) is 11.7. The highest BCUT2D eigenvalue weighted by Gasteiger charge is 2.31. The second-order valence-electron chi connectivity index (χ2n) is 8.62. The van der Waals surface area contributed by atoms with Crippen LogP contribution in [0, 0.1) is 11.3 Å². The molecule has 2 N–H and O–H groups in total. The molecule has 1 aliphatic heterocycles. The molecule has 0 aliphatic carbocycles. The molecular weight excluding hydrogens is 559 g/mol. The molecule has 0 spiro atoms. The Morgan fingerprint density at radius 1 is 0.897 bits per heavy atom. The summed E-state index contributed by atoms with van der Waals surface area (Å²) >= 11 is 18.0. The predicted octanol–water partition coefficient (Wildman–Crippen LogP) is 7.66. The van der Waals surface area contributed by atoms with Crippen molar-refractivity contribution >= 4 is 40.8 Å². The lowest BCUT2D eigenvalue weighted by Crippen LogP contribution is -2.21. The van der Waals surface area contributed by atoms with Crippen LogP contribution in [0.5, 0.6) is 17.2 Å². The van der Waals surface area contributed by atoms with Gasteiger partial charge in [0.25, 0.3) is 0 Å². The normalized spacial score (nSPS) is 14.2. The topological polar surface area (TPSA) is 94.6 Å². The van der Waals surface area contributed by atoms with Crippen LogP contribution in [0.1, 0.15) is 33.0 Å². The second kappa shape index (κ2) is 11.3. The average Bonchev–Trinajstić information content (AvgIpc) is 2.92. The first kappa shape index (κ1) is 26.5. The zero-order chi connectivity index (χ0) is 27.5. The molecule has 39 heavy (non-hydrogen) atoms. The van der Waals surface area contributed by atoms with Crippen molar-refractivity contribution in [1.82, 2.24) is 0 Å². The van der Waals surface area contributed by atoms with Gasteiger partial charge in [-0.3, -0.25) is 0 Å². The van der Waals surface area contributed by atoms with Gasteiger partial charge in [0.15, 0.2) is 0 Å². The van der Waals surface area contributed by atoms with Gasteiger partial charge in [-0.05, 0) is 59.7 Å². The second-order valence-corrected chi connectivity index (χ2v) is 9.90. The molecule has 4 aromatic rings. The Labute approximate surface area is 239 Å². The molecule has 1 aliphatic rings. The predicted molar refractivity (Wildman–Crippen MR) is 149 cm³/mol. The van der Waals surface area contributed by atoms with E-state index in [1.807, 2.05) is 48.5 Å². The lowest BCUT2D eigenvalue weighted by Gasteiger charge is -2.27. The molecule has 0 fully saturated rings. The summed E-state index contributed by atoms with van der Waals surface area (Å²) in [6.07, 6.45) is 0. The maximum Gasteiger partial charge on any atom is 0.345 e. The number of fused-ring (bicyclic) bond motifs is 1. The Morgan fingerprint density at radius 3 is 2.28 bits per heavy atom. The van der Waals surface area contributed by atoms with Crippen molar-refractivity contribution in [2.24, 2.45) is 5.73 Å². The number of ether oxygens (including phenoxy) is 3. The van der Waals surface area contributed by atoms with E-state index in [1.165, 1.54) is 12.1 Å². The van der Waals surface area contributed by atoms with Crippen molar-refractivity contribution in [3.63, 3.8) is 0 Å². The lowest BCUT2D eigenvalue weighted by molar-refractivity contribution is 0.0734. The Morgan fingerprint density at radius 2 is 1.59 bits per heavy atom. The standard InChI is InChI=1S/C30H19Cl3N2O4/c31-19-5-1-17(2-6-19)16-37-21-8-3-18(4-9-21)28-24-12-10-22(14-27(24)39-29(35)25(28)15-34)38-30(36)23-11-7-20(32)13-26(23)33/h1-14,28H,16,35H2. The number of hydrogen-bond donors (Lipinski definition) is 1. The van der Waals surface area contributed by atoms with E-state index in [2.05, 4.69) is 6.07 Å². The van der Waals surface area contributed by atoms with Gasteiger partial charge >= 0.3 is 5.97 Å². The van der Waals surface area contributed by atoms with E-state index in [-0.39, 0.29) is 27.8 Å². The van der Waals surface area contributed by atoms with E-state index in [4.69, 9.17) is 54.7 Å². The first-order chi connectivity index (χ1) is 18.8. The van der Waals surface area contributed by atoms with E-state index < -0.39 is 11.9 Å². The number of nitriles is 1. The number of halogens is 3. The fraction of sp³-hybridized carbons (Fsp3) is 0.0667. The SMILES string of the molecule is N#CC1=C(N)Oc2cc(OC(=O)c3ccc(Cl)cc3Cl)ccc2C1c1ccc(OCc2ccc(Cl)cc2)cc1. The van der Waals surface area contributed by atoms with E-state index >= 15 is 0 Å². The summed E-state index contributed by atoms with van der Waals surface area (Å²) in [6.45, 7) is 0.385. The van der Waals surface area contributed by atoms with Gasteiger partial charge in [0.1, 0.15) is 35.5 Å². The molecule has 0 amide bonds. The molecule has 5 rings (SSSR count). The number of rotatable bonds is 6. The highest BCUT2D eigenvalue weighted by atomic mass is 35.5.